The van der Waals surface area contributed by atoms with Crippen molar-refractivity contribution in [2.75, 3.05) is 10.7 Å². The lowest BCUT2D eigenvalue weighted by molar-refractivity contribution is -0.127. The van der Waals surface area contributed by atoms with Gasteiger partial charge >= 0.3 is 12.2 Å². The van der Waals surface area contributed by atoms with Gasteiger partial charge in [0.1, 0.15) is 6.33 Å². The number of nitrogens with one attached hydrogen (secondary N) is 1. The molecule has 2 atom stereocenters. The number of amidine groups is 1. The van der Waals surface area contributed by atoms with E-state index in [1.807, 2.05) is 63.2 Å². The van der Waals surface area contributed by atoms with Gasteiger partial charge in [-0.1, -0.05) is 81.1 Å². The van der Waals surface area contributed by atoms with Crippen molar-refractivity contribution in [2.24, 2.45) is 4.99 Å². The molecule has 0 saturated carbocycles. The molecule has 5 rings (SSSR count). The lowest BCUT2D eigenvalue weighted by Crippen LogP contribution is -2.36. The van der Waals surface area contributed by atoms with Crippen LogP contribution >= 0.6 is 11.8 Å². The van der Waals surface area contributed by atoms with Gasteiger partial charge in [0.05, 0.1) is 23.5 Å². The van der Waals surface area contributed by atoms with E-state index < -0.39 is 18.6 Å². The van der Waals surface area contributed by atoms with Crippen LogP contribution in [0.4, 0.5) is 23.7 Å². The number of urea groups is 1. The summed E-state index contributed by atoms with van der Waals surface area (Å²) in [4.78, 5) is 36.1. The molecule has 8 nitrogen and oxygen atoms in total. The second kappa shape index (κ2) is 13.5. The molecule has 1 fully saturated rings. The highest BCUT2D eigenvalue weighted by atomic mass is 32.2. The maximum absolute atomic E-state index is 13.0. The second-order valence-corrected chi connectivity index (χ2v) is 12.6. The highest BCUT2D eigenvalue weighted by Crippen LogP contribution is 2.35. The number of aliphatic imine (C=N–C) groups is 1. The Kier molecular flexibility index (Phi) is 9.66. The van der Waals surface area contributed by atoms with Crippen LogP contribution in [-0.2, 0) is 11.2 Å². The summed E-state index contributed by atoms with van der Waals surface area (Å²) in [5, 5.41) is 7.81. The molecule has 240 valence electrons. The number of halogens is 3. The third kappa shape index (κ3) is 7.50. The third-order valence-corrected chi connectivity index (χ3v) is 8.90. The van der Waals surface area contributed by atoms with Crippen molar-refractivity contribution in [2.45, 2.75) is 65.1 Å². The van der Waals surface area contributed by atoms with Crippen LogP contribution in [0.1, 0.15) is 61.8 Å². The topological polar surface area (TPSA) is 92.5 Å². The molecular weight excluding hydrogens is 613 g/mol. The molecule has 0 radical (unpaired) electrons. The zero-order valence-electron chi connectivity index (χ0n) is 26.2. The molecule has 1 aliphatic heterocycles. The van der Waals surface area contributed by atoms with Crippen LogP contribution in [0, 0.1) is 6.92 Å². The molecule has 1 aliphatic rings. The molecule has 1 saturated heterocycles. The van der Waals surface area contributed by atoms with E-state index in [9.17, 15) is 22.8 Å². The van der Waals surface area contributed by atoms with Gasteiger partial charge in [-0.3, -0.25) is 9.69 Å². The molecule has 2 unspecified atom stereocenters. The van der Waals surface area contributed by atoms with Gasteiger partial charge in [0, 0.05) is 17.5 Å². The average molecular weight is 649 g/mol. The fourth-order valence-corrected chi connectivity index (χ4v) is 6.33. The first-order valence-corrected chi connectivity index (χ1v) is 15.9. The van der Waals surface area contributed by atoms with Crippen molar-refractivity contribution < 1.29 is 22.8 Å². The van der Waals surface area contributed by atoms with Crippen LogP contribution in [-0.4, -0.2) is 49.8 Å². The van der Waals surface area contributed by atoms with Crippen LogP contribution < -0.4 is 10.2 Å². The number of carbonyl (C=O) groups is 2. The van der Waals surface area contributed by atoms with Gasteiger partial charge in [-0.2, -0.15) is 18.2 Å². The number of aromatic nitrogens is 3. The van der Waals surface area contributed by atoms with Crippen molar-refractivity contribution >= 4 is 34.6 Å². The molecule has 46 heavy (non-hydrogen) atoms. The van der Waals surface area contributed by atoms with Gasteiger partial charge in [0.15, 0.2) is 11.0 Å². The van der Waals surface area contributed by atoms with E-state index in [1.165, 1.54) is 34.9 Å². The van der Waals surface area contributed by atoms with Gasteiger partial charge in [0.25, 0.3) is 0 Å². The minimum atomic E-state index is -4.26. The molecule has 0 spiro atoms. The summed E-state index contributed by atoms with van der Waals surface area (Å²) >= 11 is 1.25. The molecule has 3 aromatic carbocycles. The van der Waals surface area contributed by atoms with Gasteiger partial charge in [0.2, 0.25) is 5.91 Å². The highest BCUT2D eigenvalue weighted by Gasteiger charge is 2.33. The summed E-state index contributed by atoms with van der Waals surface area (Å²) in [5.74, 6) is 0.714. The van der Waals surface area contributed by atoms with E-state index >= 15 is 0 Å². The zero-order valence-corrected chi connectivity index (χ0v) is 27.0. The fraction of sp³-hybridized carbons (Fsp3) is 0.324. The number of carbonyl (C=O) groups excluding carboxylic acids is 2. The highest BCUT2D eigenvalue weighted by molar-refractivity contribution is 8.15. The summed E-state index contributed by atoms with van der Waals surface area (Å²) in [6, 6.07) is 18.7. The molecule has 4 aromatic rings. The van der Waals surface area contributed by atoms with Crippen molar-refractivity contribution in [3.63, 3.8) is 0 Å². The Labute approximate surface area is 270 Å². The number of amides is 3. The fourth-order valence-electron chi connectivity index (χ4n) is 5.47. The molecule has 2 heterocycles. The first kappa shape index (κ1) is 32.9. The van der Waals surface area contributed by atoms with Crippen molar-refractivity contribution in [3.05, 3.63) is 95.3 Å². The van der Waals surface area contributed by atoms with Gasteiger partial charge in [-0.25, -0.2) is 14.5 Å². The predicted molar refractivity (Wildman–Crippen MR) is 176 cm³/mol. The molecule has 1 N–H and O–H groups in total. The third-order valence-electron chi connectivity index (χ3n) is 7.98. The maximum atomic E-state index is 13.0. The van der Waals surface area contributed by atoms with Crippen LogP contribution in [0.5, 0.6) is 0 Å². The van der Waals surface area contributed by atoms with Crippen LogP contribution in [0.2, 0.25) is 0 Å². The first-order valence-electron chi connectivity index (χ1n) is 14.9. The number of hydrogen-bond donors (Lipinski definition) is 1. The van der Waals surface area contributed by atoms with E-state index in [2.05, 4.69) is 34.2 Å². The lowest BCUT2D eigenvalue weighted by Gasteiger charge is -2.24. The Hall–Kier alpha value is -4.45. The predicted octanol–water partition coefficient (Wildman–Crippen LogP) is 7.81. The quantitative estimate of drug-likeness (QED) is 0.210. The summed E-state index contributed by atoms with van der Waals surface area (Å²) in [6.45, 7) is 10.1. The number of aryl methyl sites for hydroxylation is 1. The van der Waals surface area contributed by atoms with Gasteiger partial charge in [-0.15, -0.1) is 5.10 Å². The molecule has 12 heteroatoms. The van der Waals surface area contributed by atoms with Crippen molar-refractivity contribution in [1.29, 1.82) is 0 Å². The minimum Gasteiger partial charge on any atom is -0.333 e. The zero-order chi connectivity index (χ0) is 33.2. The molecule has 3 amide bonds. The Morgan fingerprint density at radius 2 is 1.72 bits per heavy atom. The summed E-state index contributed by atoms with van der Waals surface area (Å²) in [5.41, 5.74) is 5.43. The smallest absolute Gasteiger partial charge is 0.333 e. The number of hydrogen-bond acceptors (Lipinski definition) is 5. The van der Waals surface area contributed by atoms with E-state index in [4.69, 9.17) is 0 Å². The number of anilines is 1. The Morgan fingerprint density at radius 1 is 1.02 bits per heavy atom. The second-order valence-electron chi connectivity index (χ2n) is 11.7. The average Bonchev–Trinajstić information content (AvgIpc) is 3.63. The summed E-state index contributed by atoms with van der Waals surface area (Å²) < 4.78 is 39.5. The maximum Gasteiger partial charge on any atom is 0.393 e. The van der Waals surface area contributed by atoms with E-state index in [0.717, 1.165) is 27.9 Å². The van der Waals surface area contributed by atoms with Crippen LogP contribution in [0.15, 0.2) is 78.0 Å². The standard InChI is InChI=1S/C34H35F3N6O2S/c1-20(2)30-21(3)7-6-8-28(30)43-29(44)18-46-33(43)40-32(45)39-23(5)22(4)25-11-13-26(14-12-25)31-38-19-42(41-31)27-15-9-24(10-16-27)17-34(35,36)37/h6-16,19-20,22-23H,17-18H2,1-5H3,(H,39,45). The molecule has 0 aliphatic carbocycles. The van der Waals surface area contributed by atoms with Crippen molar-refractivity contribution in [3.8, 4) is 17.1 Å². The van der Waals surface area contributed by atoms with E-state index in [-0.39, 0.29) is 35.1 Å². The first-order chi connectivity index (χ1) is 21.8. The summed E-state index contributed by atoms with van der Waals surface area (Å²) in [7, 11) is 0. The SMILES string of the molecule is Cc1cccc(N2C(=O)CSC2=NC(=O)NC(C)C(C)c2ccc(-c3ncn(-c4ccc(CC(F)(F)F)cc4)n3)cc2)c1C(C)C. The molecular formula is C34H35F3N6O2S. The number of thioether (sulfide) groups is 1. The van der Waals surface area contributed by atoms with Crippen LogP contribution in [0.3, 0.4) is 0 Å². The van der Waals surface area contributed by atoms with Crippen LogP contribution in [0.25, 0.3) is 17.1 Å². The lowest BCUT2D eigenvalue weighted by atomic mass is 9.93. The number of alkyl halides is 3. The normalized spacial score (nSPS) is 15.9. The van der Waals surface area contributed by atoms with E-state index in [1.54, 1.807) is 17.0 Å². The largest absolute Gasteiger partial charge is 0.393 e. The van der Waals surface area contributed by atoms with Gasteiger partial charge in [-0.05, 0) is 60.2 Å². The number of nitrogens with zero attached hydrogens (tertiary/aromatic N) is 5. The Balaban J connectivity index is 1.24. The van der Waals surface area contributed by atoms with E-state index in [0.29, 0.717) is 16.7 Å². The minimum absolute atomic E-state index is 0.0581. The number of benzene rings is 3. The molecule has 1 aromatic heterocycles. The number of rotatable bonds is 8. The summed E-state index contributed by atoms with van der Waals surface area (Å²) in [6.07, 6.45) is -3.73. The Morgan fingerprint density at radius 3 is 2.37 bits per heavy atom. The Bertz CT molecular complexity index is 1750. The molecule has 0 bridgehead atoms. The monoisotopic (exact) mass is 648 g/mol. The van der Waals surface area contributed by atoms with Crippen molar-refractivity contribution in [1.82, 2.24) is 20.1 Å². The van der Waals surface area contributed by atoms with Gasteiger partial charge < -0.3 is 5.32 Å².